The summed E-state index contributed by atoms with van der Waals surface area (Å²) < 4.78 is 24.0. The van der Waals surface area contributed by atoms with Gasteiger partial charge in [0.05, 0.1) is 10.6 Å². The molecule has 0 saturated carbocycles. The Labute approximate surface area is 129 Å². The Hall–Kier alpha value is -2.21. The third-order valence-corrected chi connectivity index (χ3v) is 5.57. The van der Waals surface area contributed by atoms with Gasteiger partial charge in [-0.1, -0.05) is 0 Å². The van der Waals surface area contributed by atoms with E-state index in [4.69, 9.17) is 0 Å². The number of anilines is 1. The average molecular weight is 316 g/mol. The molecular weight excluding hydrogens is 300 g/mol. The number of nitrogens with one attached hydrogen (secondary N) is 1. The van der Waals surface area contributed by atoms with Crippen molar-refractivity contribution in [3.8, 4) is 0 Å². The normalized spacial score (nSPS) is 15.9. The van der Waals surface area contributed by atoms with Gasteiger partial charge in [-0.25, -0.2) is 8.42 Å². The highest BCUT2D eigenvalue weighted by Gasteiger charge is 2.24. The number of benzene rings is 1. The van der Waals surface area contributed by atoms with Crippen molar-refractivity contribution in [3.05, 3.63) is 53.3 Å². The van der Waals surface area contributed by atoms with Crippen LogP contribution in [0.1, 0.15) is 28.0 Å². The molecule has 0 bridgehead atoms. The summed E-state index contributed by atoms with van der Waals surface area (Å²) in [7, 11) is -3.19. The van der Waals surface area contributed by atoms with Gasteiger partial charge in [-0.15, -0.1) is 0 Å². The third kappa shape index (κ3) is 2.87. The predicted molar refractivity (Wildman–Crippen MR) is 83.7 cm³/mol. The van der Waals surface area contributed by atoms with E-state index in [0.29, 0.717) is 29.0 Å². The number of pyridine rings is 1. The van der Waals surface area contributed by atoms with E-state index in [1.807, 2.05) is 6.92 Å². The number of carbonyl (C=O) groups is 1. The van der Waals surface area contributed by atoms with Crippen molar-refractivity contribution < 1.29 is 13.2 Å². The van der Waals surface area contributed by atoms with Gasteiger partial charge in [0.2, 0.25) is 0 Å². The second-order valence-corrected chi connectivity index (χ2v) is 7.46. The van der Waals surface area contributed by atoms with Gasteiger partial charge in [0.15, 0.2) is 9.84 Å². The Morgan fingerprint density at radius 2 is 2.05 bits per heavy atom. The summed E-state index contributed by atoms with van der Waals surface area (Å²) in [6.07, 6.45) is 2.92. The molecule has 1 amide bonds. The van der Waals surface area contributed by atoms with Gasteiger partial charge in [0.1, 0.15) is 0 Å². The molecule has 1 aromatic carbocycles. The van der Waals surface area contributed by atoms with Crippen LogP contribution in [0.15, 0.2) is 41.4 Å². The highest BCUT2D eigenvalue weighted by Crippen LogP contribution is 2.26. The quantitative estimate of drug-likeness (QED) is 0.923. The molecule has 0 unspecified atom stereocenters. The minimum atomic E-state index is -3.19. The summed E-state index contributed by atoms with van der Waals surface area (Å²) in [4.78, 5) is 16.7. The lowest BCUT2D eigenvalue weighted by molar-refractivity contribution is 0.102. The van der Waals surface area contributed by atoms with Gasteiger partial charge in [0.25, 0.3) is 5.91 Å². The third-order valence-electron chi connectivity index (χ3n) is 3.67. The van der Waals surface area contributed by atoms with E-state index in [2.05, 4.69) is 10.3 Å². The maximum atomic E-state index is 12.3. The zero-order valence-electron chi connectivity index (χ0n) is 12.2. The van der Waals surface area contributed by atoms with E-state index >= 15 is 0 Å². The van der Waals surface area contributed by atoms with Crippen molar-refractivity contribution in [2.75, 3.05) is 11.1 Å². The first-order valence-corrected chi connectivity index (χ1v) is 8.71. The number of carbonyl (C=O) groups excluding carboxylic acids is 1. The van der Waals surface area contributed by atoms with E-state index < -0.39 is 9.84 Å². The van der Waals surface area contributed by atoms with Crippen LogP contribution in [0, 0.1) is 6.92 Å². The van der Waals surface area contributed by atoms with Crippen LogP contribution in [0.2, 0.25) is 0 Å². The molecule has 5 nitrogen and oxygen atoms in total. The molecule has 0 spiro atoms. The topological polar surface area (TPSA) is 76.1 Å². The van der Waals surface area contributed by atoms with Gasteiger partial charge < -0.3 is 5.32 Å². The number of rotatable bonds is 2. The highest BCUT2D eigenvalue weighted by molar-refractivity contribution is 7.91. The fourth-order valence-electron chi connectivity index (χ4n) is 2.61. The fraction of sp³-hybridized carbons (Fsp3) is 0.250. The second-order valence-electron chi connectivity index (χ2n) is 5.38. The fourth-order valence-corrected chi connectivity index (χ4v) is 4.19. The molecule has 3 rings (SSSR count). The lowest BCUT2D eigenvalue weighted by atomic mass is 10.1. The molecule has 1 aliphatic heterocycles. The number of nitrogens with zero attached hydrogens (tertiary/aromatic N) is 1. The SMILES string of the molecule is Cc1cc(NC(=O)c2ccc3c(c2)CCCS3(=O)=O)ccn1. The van der Waals surface area contributed by atoms with Gasteiger partial charge >= 0.3 is 0 Å². The molecule has 1 aliphatic rings. The van der Waals surface area contributed by atoms with Crippen LogP contribution in [0.5, 0.6) is 0 Å². The van der Waals surface area contributed by atoms with Crippen LogP contribution in [0.25, 0.3) is 0 Å². The van der Waals surface area contributed by atoms with E-state index in [1.165, 1.54) is 6.07 Å². The Bertz CT molecular complexity index is 844. The molecule has 6 heteroatoms. The molecule has 2 heterocycles. The summed E-state index contributed by atoms with van der Waals surface area (Å²) in [5.41, 5.74) is 2.67. The number of sulfone groups is 1. The Morgan fingerprint density at radius 1 is 1.23 bits per heavy atom. The molecule has 0 saturated heterocycles. The first kappa shape index (κ1) is 14.7. The first-order chi connectivity index (χ1) is 10.5. The van der Waals surface area contributed by atoms with Crippen LogP contribution in [-0.2, 0) is 16.3 Å². The summed E-state index contributed by atoms with van der Waals surface area (Å²) in [6.45, 7) is 1.85. The zero-order valence-corrected chi connectivity index (χ0v) is 13.0. The molecular formula is C16H16N2O3S. The first-order valence-electron chi connectivity index (χ1n) is 7.05. The van der Waals surface area contributed by atoms with Crippen molar-refractivity contribution in [1.82, 2.24) is 4.98 Å². The molecule has 1 aromatic heterocycles. The predicted octanol–water partition coefficient (Wildman–Crippen LogP) is 2.36. The standard InChI is InChI=1S/C16H16N2O3S/c1-11-9-14(6-7-17-11)18-16(19)13-4-5-15-12(10-13)3-2-8-22(15,20)21/h4-7,9-10H,2-3,8H2,1H3,(H,17,18,19). The number of fused-ring (bicyclic) bond motifs is 1. The highest BCUT2D eigenvalue weighted by atomic mass is 32.2. The zero-order chi connectivity index (χ0) is 15.7. The maximum Gasteiger partial charge on any atom is 0.255 e. The van der Waals surface area contributed by atoms with Crippen LogP contribution in [0.3, 0.4) is 0 Å². The molecule has 1 N–H and O–H groups in total. The average Bonchev–Trinajstić information content (AvgIpc) is 2.46. The summed E-state index contributed by atoms with van der Waals surface area (Å²) in [5.74, 6) is -0.0710. The molecule has 0 atom stereocenters. The summed E-state index contributed by atoms with van der Waals surface area (Å²) in [5, 5.41) is 2.80. The van der Waals surface area contributed by atoms with Crippen molar-refractivity contribution >= 4 is 21.4 Å². The Balaban J connectivity index is 1.88. The number of amides is 1. The van der Waals surface area contributed by atoms with Gasteiger partial charge in [0, 0.05) is 23.1 Å². The van der Waals surface area contributed by atoms with Gasteiger partial charge in [-0.05, 0) is 55.7 Å². The maximum absolute atomic E-state index is 12.3. The lowest BCUT2D eigenvalue weighted by Gasteiger charge is -2.17. The number of hydrogen-bond donors (Lipinski definition) is 1. The van der Waals surface area contributed by atoms with Crippen molar-refractivity contribution in [2.45, 2.75) is 24.7 Å². The van der Waals surface area contributed by atoms with E-state index in [-0.39, 0.29) is 11.7 Å². The van der Waals surface area contributed by atoms with E-state index in [9.17, 15) is 13.2 Å². The van der Waals surface area contributed by atoms with Crippen LogP contribution in [-0.4, -0.2) is 25.1 Å². The van der Waals surface area contributed by atoms with Crippen LogP contribution < -0.4 is 5.32 Å². The van der Waals surface area contributed by atoms with Crippen molar-refractivity contribution in [3.63, 3.8) is 0 Å². The number of aromatic nitrogens is 1. The lowest BCUT2D eigenvalue weighted by Crippen LogP contribution is -2.18. The summed E-state index contributed by atoms with van der Waals surface area (Å²) in [6, 6.07) is 8.27. The van der Waals surface area contributed by atoms with Gasteiger partial charge in [-0.3, -0.25) is 9.78 Å². The van der Waals surface area contributed by atoms with Crippen molar-refractivity contribution in [1.29, 1.82) is 0 Å². The second kappa shape index (κ2) is 5.53. The molecule has 114 valence electrons. The van der Waals surface area contributed by atoms with Crippen molar-refractivity contribution in [2.24, 2.45) is 0 Å². The Morgan fingerprint density at radius 3 is 2.82 bits per heavy atom. The monoisotopic (exact) mass is 316 g/mol. The molecule has 0 fully saturated rings. The smallest absolute Gasteiger partial charge is 0.255 e. The molecule has 2 aromatic rings. The molecule has 22 heavy (non-hydrogen) atoms. The summed E-state index contributed by atoms with van der Waals surface area (Å²) >= 11 is 0. The molecule has 0 aliphatic carbocycles. The van der Waals surface area contributed by atoms with Crippen LogP contribution >= 0.6 is 0 Å². The van der Waals surface area contributed by atoms with E-state index in [0.717, 1.165) is 11.3 Å². The van der Waals surface area contributed by atoms with Gasteiger partial charge in [-0.2, -0.15) is 0 Å². The largest absolute Gasteiger partial charge is 0.322 e. The number of aryl methyl sites for hydroxylation is 2. The number of hydrogen-bond acceptors (Lipinski definition) is 4. The minimum Gasteiger partial charge on any atom is -0.322 e. The Kier molecular flexibility index (Phi) is 3.70. The van der Waals surface area contributed by atoms with E-state index in [1.54, 1.807) is 30.5 Å². The molecule has 0 radical (unpaired) electrons. The minimum absolute atomic E-state index is 0.182. The van der Waals surface area contributed by atoms with Crippen LogP contribution in [0.4, 0.5) is 5.69 Å².